The summed E-state index contributed by atoms with van der Waals surface area (Å²) >= 11 is 0. The maximum absolute atomic E-state index is 10.5. The van der Waals surface area contributed by atoms with Crippen LogP contribution in [0.2, 0.25) is 0 Å². The molecule has 120 valence electrons. The summed E-state index contributed by atoms with van der Waals surface area (Å²) in [5.41, 5.74) is 1.25. The average molecular weight is 320 g/mol. The Morgan fingerprint density at radius 1 is 0.917 bits per heavy atom. The van der Waals surface area contributed by atoms with Crippen molar-refractivity contribution in [3.8, 4) is 11.5 Å². The molecule has 4 nitrogen and oxygen atoms in total. The number of fused-ring (bicyclic) bond motifs is 2. The summed E-state index contributed by atoms with van der Waals surface area (Å²) < 4.78 is 0. The standard InChI is InChI=1S/C20H16O4/c21-15-9-11-5-1-3-7-13(11)17(19(15)23)18-14-8-4-2-6-12(14)10-16(22)20(18)24/h1-10,13,17,21-24H/t13?,17-/m0/s1. The van der Waals surface area contributed by atoms with Crippen LogP contribution < -0.4 is 0 Å². The molecule has 0 radical (unpaired) electrons. The highest BCUT2D eigenvalue weighted by Gasteiger charge is 2.36. The molecular weight excluding hydrogens is 304 g/mol. The number of phenolic OH excluding ortho intramolecular Hbond substituents is 2. The minimum absolute atomic E-state index is 0.213. The number of rotatable bonds is 1. The summed E-state index contributed by atoms with van der Waals surface area (Å²) in [6.45, 7) is 0. The van der Waals surface area contributed by atoms with Gasteiger partial charge in [0.15, 0.2) is 17.3 Å². The first-order valence-electron chi connectivity index (χ1n) is 7.70. The molecule has 2 aliphatic rings. The highest BCUT2D eigenvalue weighted by molar-refractivity contribution is 5.91. The summed E-state index contributed by atoms with van der Waals surface area (Å²) in [5, 5.41) is 42.8. The predicted molar refractivity (Wildman–Crippen MR) is 92.2 cm³/mol. The lowest BCUT2D eigenvalue weighted by Gasteiger charge is -2.32. The summed E-state index contributed by atoms with van der Waals surface area (Å²) in [7, 11) is 0. The van der Waals surface area contributed by atoms with E-state index in [2.05, 4.69) is 0 Å². The Labute approximate surface area is 138 Å². The van der Waals surface area contributed by atoms with E-state index in [0.29, 0.717) is 5.56 Å². The first kappa shape index (κ1) is 14.5. The molecule has 4 heteroatoms. The third-order valence-corrected chi connectivity index (χ3v) is 4.67. The average Bonchev–Trinajstić information content (AvgIpc) is 2.58. The lowest BCUT2D eigenvalue weighted by atomic mass is 9.73. The Balaban J connectivity index is 2.03. The molecule has 0 saturated heterocycles. The first-order valence-corrected chi connectivity index (χ1v) is 7.70. The van der Waals surface area contributed by atoms with Crippen LogP contribution >= 0.6 is 0 Å². The van der Waals surface area contributed by atoms with Crippen LogP contribution in [-0.4, -0.2) is 20.4 Å². The summed E-state index contributed by atoms with van der Waals surface area (Å²) in [5.74, 6) is -1.87. The van der Waals surface area contributed by atoms with E-state index < -0.39 is 5.92 Å². The van der Waals surface area contributed by atoms with E-state index in [1.807, 2.05) is 48.6 Å². The van der Waals surface area contributed by atoms with Crippen LogP contribution in [0.3, 0.4) is 0 Å². The third kappa shape index (κ3) is 2.00. The largest absolute Gasteiger partial charge is 0.508 e. The first-order chi connectivity index (χ1) is 11.6. The van der Waals surface area contributed by atoms with E-state index in [1.54, 1.807) is 0 Å². The van der Waals surface area contributed by atoms with Crippen molar-refractivity contribution in [2.75, 3.05) is 0 Å². The second-order valence-corrected chi connectivity index (χ2v) is 6.04. The number of aliphatic hydroxyl groups is 2. The van der Waals surface area contributed by atoms with Gasteiger partial charge >= 0.3 is 0 Å². The van der Waals surface area contributed by atoms with Crippen molar-refractivity contribution >= 4 is 10.8 Å². The second kappa shape index (κ2) is 5.20. The number of phenols is 2. The summed E-state index contributed by atoms with van der Waals surface area (Å²) in [6, 6.07) is 8.82. The number of aromatic hydroxyl groups is 2. The number of benzene rings is 2. The van der Waals surface area contributed by atoms with Gasteiger partial charge in [0.2, 0.25) is 0 Å². The van der Waals surface area contributed by atoms with Crippen molar-refractivity contribution in [3.05, 3.63) is 83.4 Å². The summed E-state index contributed by atoms with van der Waals surface area (Å²) in [4.78, 5) is 0. The van der Waals surface area contributed by atoms with Gasteiger partial charge < -0.3 is 20.4 Å². The van der Waals surface area contributed by atoms with Crippen molar-refractivity contribution < 1.29 is 20.4 Å². The van der Waals surface area contributed by atoms with Crippen LogP contribution in [0.25, 0.3) is 10.8 Å². The molecule has 0 saturated carbocycles. The molecule has 0 aromatic heterocycles. The van der Waals surface area contributed by atoms with E-state index in [-0.39, 0.29) is 28.9 Å². The zero-order valence-electron chi connectivity index (χ0n) is 12.7. The molecule has 0 aliphatic heterocycles. The van der Waals surface area contributed by atoms with Crippen LogP contribution in [0.5, 0.6) is 11.5 Å². The Hall–Kier alpha value is -3.14. The summed E-state index contributed by atoms with van der Waals surface area (Å²) in [6.07, 6.45) is 9.03. The minimum Gasteiger partial charge on any atom is -0.508 e. The lowest BCUT2D eigenvalue weighted by Crippen LogP contribution is -2.21. The molecule has 2 aromatic carbocycles. The minimum atomic E-state index is -0.678. The molecule has 0 bridgehead atoms. The number of aliphatic hydroxyl groups excluding tert-OH is 2. The smallest absolute Gasteiger partial charge is 0.162 e. The van der Waals surface area contributed by atoms with Gasteiger partial charge in [-0.15, -0.1) is 0 Å². The van der Waals surface area contributed by atoms with Crippen molar-refractivity contribution in [2.45, 2.75) is 5.92 Å². The van der Waals surface area contributed by atoms with E-state index in [4.69, 9.17) is 0 Å². The Bertz CT molecular complexity index is 963. The molecule has 4 N–H and O–H groups in total. The molecule has 1 unspecified atom stereocenters. The molecule has 24 heavy (non-hydrogen) atoms. The highest BCUT2D eigenvalue weighted by atomic mass is 16.3. The van der Waals surface area contributed by atoms with Crippen molar-refractivity contribution in [2.24, 2.45) is 5.92 Å². The molecule has 0 amide bonds. The lowest BCUT2D eigenvalue weighted by molar-refractivity contribution is 0.285. The zero-order chi connectivity index (χ0) is 16.8. The number of hydrogen-bond acceptors (Lipinski definition) is 4. The van der Waals surface area contributed by atoms with Gasteiger partial charge in [-0.05, 0) is 28.5 Å². The molecule has 2 aliphatic carbocycles. The molecule has 4 rings (SSSR count). The van der Waals surface area contributed by atoms with Crippen LogP contribution in [0.1, 0.15) is 11.5 Å². The van der Waals surface area contributed by atoms with Crippen molar-refractivity contribution in [3.63, 3.8) is 0 Å². The monoisotopic (exact) mass is 320 g/mol. The highest BCUT2D eigenvalue weighted by Crippen LogP contribution is 2.49. The van der Waals surface area contributed by atoms with Gasteiger partial charge in [0.25, 0.3) is 0 Å². The zero-order valence-corrected chi connectivity index (χ0v) is 12.7. The molecule has 2 aromatic rings. The van der Waals surface area contributed by atoms with Gasteiger partial charge in [-0.1, -0.05) is 48.6 Å². The Morgan fingerprint density at radius 2 is 1.71 bits per heavy atom. The topological polar surface area (TPSA) is 80.9 Å². The van der Waals surface area contributed by atoms with Gasteiger partial charge in [0, 0.05) is 11.5 Å². The SMILES string of the molecule is OC1=C(O)[C@H](c2c(O)c(O)cc3ccccc23)C2C=CC=CC2=C1. The maximum Gasteiger partial charge on any atom is 0.162 e. The van der Waals surface area contributed by atoms with Gasteiger partial charge in [-0.2, -0.15) is 0 Å². The van der Waals surface area contributed by atoms with Crippen LogP contribution in [-0.2, 0) is 0 Å². The van der Waals surface area contributed by atoms with Crippen molar-refractivity contribution in [1.29, 1.82) is 0 Å². The fraction of sp³-hybridized carbons (Fsp3) is 0.100. The molecule has 0 fully saturated rings. The quantitative estimate of drug-likeness (QED) is 0.589. The Morgan fingerprint density at radius 3 is 2.54 bits per heavy atom. The molecule has 0 spiro atoms. The number of hydrogen-bond donors (Lipinski definition) is 4. The third-order valence-electron chi connectivity index (χ3n) is 4.67. The van der Waals surface area contributed by atoms with Gasteiger partial charge in [0.1, 0.15) is 5.76 Å². The van der Waals surface area contributed by atoms with E-state index >= 15 is 0 Å². The van der Waals surface area contributed by atoms with Gasteiger partial charge in [-0.25, -0.2) is 0 Å². The Kier molecular flexibility index (Phi) is 3.13. The molecule has 0 heterocycles. The van der Waals surface area contributed by atoms with Gasteiger partial charge in [-0.3, -0.25) is 0 Å². The molecular formula is C20H16O4. The van der Waals surface area contributed by atoms with E-state index in [9.17, 15) is 20.4 Å². The van der Waals surface area contributed by atoms with E-state index in [0.717, 1.165) is 16.3 Å². The van der Waals surface area contributed by atoms with Gasteiger partial charge in [0.05, 0.1) is 5.92 Å². The normalized spacial score (nSPS) is 22.6. The van der Waals surface area contributed by atoms with Crippen LogP contribution in [0.15, 0.2) is 77.8 Å². The second-order valence-electron chi connectivity index (χ2n) is 6.04. The van der Waals surface area contributed by atoms with Crippen molar-refractivity contribution in [1.82, 2.24) is 0 Å². The maximum atomic E-state index is 10.5. The van der Waals surface area contributed by atoms with E-state index in [1.165, 1.54) is 12.1 Å². The fourth-order valence-electron chi connectivity index (χ4n) is 3.56. The number of allylic oxidation sites excluding steroid dienone is 7. The predicted octanol–water partition coefficient (Wildman–Crippen LogP) is 4.34. The fourth-order valence-corrected chi connectivity index (χ4v) is 3.56. The van der Waals surface area contributed by atoms with Crippen LogP contribution in [0, 0.1) is 5.92 Å². The van der Waals surface area contributed by atoms with Crippen LogP contribution in [0.4, 0.5) is 0 Å². The molecule has 2 atom stereocenters.